The molecule has 0 aromatic heterocycles. The van der Waals surface area contributed by atoms with Gasteiger partial charge >= 0.3 is 0 Å². The predicted molar refractivity (Wildman–Crippen MR) is 89.8 cm³/mol. The van der Waals surface area contributed by atoms with Gasteiger partial charge in [-0.15, -0.1) is 0 Å². The van der Waals surface area contributed by atoms with Crippen molar-refractivity contribution in [3.05, 3.63) is 42.0 Å². The molecule has 0 saturated carbocycles. The van der Waals surface area contributed by atoms with E-state index in [0.29, 0.717) is 5.75 Å². The molecule has 0 aliphatic heterocycles. The van der Waals surface area contributed by atoms with Gasteiger partial charge in [-0.2, -0.15) is 0 Å². The quantitative estimate of drug-likeness (QED) is 0.880. The molecular formula is C18H26N2O. The summed E-state index contributed by atoms with van der Waals surface area (Å²) in [5, 5.41) is 12.6. The average molecular weight is 286 g/mol. The minimum absolute atomic E-state index is 0.205. The second kappa shape index (κ2) is 6.92. The van der Waals surface area contributed by atoms with Gasteiger partial charge in [0, 0.05) is 17.0 Å². The van der Waals surface area contributed by atoms with Gasteiger partial charge in [-0.05, 0) is 53.0 Å². The molecule has 0 aliphatic carbocycles. The van der Waals surface area contributed by atoms with Crippen LogP contribution in [0.5, 0.6) is 5.75 Å². The monoisotopic (exact) mass is 286 g/mol. The van der Waals surface area contributed by atoms with E-state index >= 15 is 0 Å². The molecule has 3 nitrogen and oxygen atoms in total. The number of phenolic OH excluding ortho intramolecular Hbond substituents is 1. The zero-order valence-electron chi connectivity index (χ0n) is 13.5. The Balaban J connectivity index is 2.15. The van der Waals surface area contributed by atoms with Gasteiger partial charge in [0.2, 0.25) is 0 Å². The lowest BCUT2D eigenvalue weighted by molar-refractivity contribution is 0.241. The van der Waals surface area contributed by atoms with Crippen molar-refractivity contribution in [3.63, 3.8) is 0 Å². The smallest absolute Gasteiger partial charge is 0.128 e. The standard InChI is InChI=1S/C18H26N2O/c1-14(20(4)13-7-12-19(2)3)16-11-10-15-8-5-6-9-17(15)18(16)21/h5-6,8-11,14,21H,7,12-13H2,1-4H3. The molecule has 0 fully saturated rings. The summed E-state index contributed by atoms with van der Waals surface area (Å²) in [4.78, 5) is 4.50. The van der Waals surface area contributed by atoms with Crippen LogP contribution in [-0.2, 0) is 0 Å². The molecular weight excluding hydrogens is 260 g/mol. The number of fused-ring (bicyclic) bond motifs is 1. The number of phenols is 1. The molecule has 0 heterocycles. The van der Waals surface area contributed by atoms with Crippen LogP contribution in [0.25, 0.3) is 10.8 Å². The second-order valence-electron chi connectivity index (χ2n) is 6.04. The molecule has 1 unspecified atom stereocenters. The largest absolute Gasteiger partial charge is 0.507 e. The van der Waals surface area contributed by atoms with Crippen molar-refractivity contribution in [3.8, 4) is 5.75 Å². The van der Waals surface area contributed by atoms with Gasteiger partial charge in [0.15, 0.2) is 0 Å². The topological polar surface area (TPSA) is 26.7 Å². The first kappa shape index (κ1) is 15.8. The molecule has 1 N–H and O–H groups in total. The van der Waals surface area contributed by atoms with Crippen LogP contribution in [0.1, 0.15) is 24.9 Å². The van der Waals surface area contributed by atoms with Crippen molar-refractivity contribution in [2.45, 2.75) is 19.4 Å². The van der Waals surface area contributed by atoms with E-state index in [1.807, 2.05) is 30.3 Å². The first-order valence-corrected chi connectivity index (χ1v) is 7.56. The minimum Gasteiger partial charge on any atom is -0.507 e. The lowest BCUT2D eigenvalue weighted by atomic mass is 10.00. The van der Waals surface area contributed by atoms with E-state index in [9.17, 15) is 5.11 Å². The zero-order chi connectivity index (χ0) is 15.4. The van der Waals surface area contributed by atoms with E-state index in [1.165, 1.54) is 0 Å². The molecule has 0 saturated heterocycles. The number of hydrogen-bond donors (Lipinski definition) is 1. The van der Waals surface area contributed by atoms with Gasteiger partial charge in [-0.3, -0.25) is 4.90 Å². The third-order valence-electron chi connectivity index (χ3n) is 4.16. The molecule has 2 rings (SSSR count). The normalized spacial score (nSPS) is 13.2. The third kappa shape index (κ3) is 3.74. The maximum atomic E-state index is 10.5. The van der Waals surface area contributed by atoms with Crippen LogP contribution in [0.4, 0.5) is 0 Å². The fourth-order valence-electron chi connectivity index (χ4n) is 2.68. The third-order valence-corrected chi connectivity index (χ3v) is 4.16. The molecule has 21 heavy (non-hydrogen) atoms. The van der Waals surface area contributed by atoms with Crippen LogP contribution in [0.15, 0.2) is 36.4 Å². The number of nitrogens with zero attached hydrogens (tertiary/aromatic N) is 2. The average Bonchev–Trinajstić information content (AvgIpc) is 2.47. The van der Waals surface area contributed by atoms with Crippen LogP contribution in [-0.4, -0.2) is 49.1 Å². The summed E-state index contributed by atoms with van der Waals surface area (Å²) >= 11 is 0. The van der Waals surface area contributed by atoms with Crippen LogP contribution >= 0.6 is 0 Å². The van der Waals surface area contributed by atoms with Crippen LogP contribution in [0, 0.1) is 0 Å². The summed E-state index contributed by atoms with van der Waals surface area (Å²) in [5.41, 5.74) is 1.00. The Morgan fingerprint density at radius 3 is 2.43 bits per heavy atom. The summed E-state index contributed by atoms with van der Waals surface area (Å²) in [6, 6.07) is 12.3. The van der Waals surface area contributed by atoms with E-state index in [0.717, 1.165) is 35.8 Å². The van der Waals surface area contributed by atoms with E-state index in [2.05, 4.69) is 43.9 Å². The van der Waals surface area contributed by atoms with Gasteiger partial charge in [0.25, 0.3) is 0 Å². The molecule has 0 radical (unpaired) electrons. The fraction of sp³-hybridized carbons (Fsp3) is 0.444. The Morgan fingerprint density at radius 2 is 1.71 bits per heavy atom. The Hall–Kier alpha value is -1.58. The van der Waals surface area contributed by atoms with Crippen molar-refractivity contribution < 1.29 is 5.11 Å². The van der Waals surface area contributed by atoms with E-state index < -0.39 is 0 Å². The molecule has 0 aliphatic rings. The number of aromatic hydroxyl groups is 1. The first-order chi connectivity index (χ1) is 10.0. The molecule has 0 bridgehead atoms. The van der Waals surface area contributed by atoms with E-state index in [-0.39, 0.29) is 6.04 Å². The van der Waals surface area contributed by atoms with Crippen molar-refractivity contribution >= 4 is 10.8 Å². The Morgan fingerprint density at radius 1 is 1.00 bits per heavy atom. The highest BCUT2D eigenvalue weighted by Crippen LogP contribution is 2.34. The van der Waals surface area contributed by atoms with E-state index in [1.54, 1.807) is 0 Å². The lowest BCUT2D eigenvalue weighted by Gasteiger charge is -2.26. The highest BCUT2D eigenvalue weighted by molar-refractivity contribution is 5.89. The minimum atomic E-state index is 0.205. The molecule has 114 valence electrons. The lowest BCUT2D eigenvalue weighted by Crippen LogP contribution is -2.26. The summed E-state index contributed by atoms with van der Waals surface area (Å²) in [5.74, 6) is 0.417. The molecule has 2 aromatic carbocycles. The van der Waals surface area contributed by atoms with Crippen LogP contribution in [0.2, 0.25) is 0 Å². The molecule has 0 amide bonds. The number of hydrogen-bond acceptors (Lipinski definition) is 3. The molecule has 0 spiro atoms. The number of rotatable bonds is 6. The summed E-state index contributed by atoms with van der Waals surface area (Å²) in [7, 11) is 6.31. The van der Waals surface area contributed by atoms with Gasteiger partial charge in [0.05, 0.1) is 0 Å². The van der Waals surface area contributed by atoms with Crippen molar-refractivity contribution in [1.29, 1.82) is 0 Å². The summed E-state index contributed by atoms with van der Waals surface area (Å²) in [6.07, 6.45) is 1.13. The predicted octanol–water partition coefficient (Wildman–Crippen LogP) is 3.49. The van der Waals surface area contributed by atoms with Gasteiger partial charge < -0.3 is 10.0 Å². The molecule has 1 atom stereocenters. The maximum Gasteiger partial charge on any atom is 0.128 e. The Kier molecular flexibility index (Phi) is 5.21. The summed E-state index contributed by atoms with van der Waals surface area (Å²) in [6.45, 7) is 4.26. The maximum absolute atomic E-state index is 10.5. The van der Waals surface area contributed by atoms with Crippen molar-refractivity contribution in [2.24, 2.45) is 0 Å². The Labute approximate surface area is 127 Å². The molecule has 3 heteroatoms. The van der Waals surface area contributed by atoms with Crippen LogP contribution < -0.4 is 0 Å². The highest BCUT2D eigenvalue weighted by Gasteiger charge is 2.16. The van der Waals surface area contributed by atoms with Crippen molar-refractivity contribution in [2.75, 3.05) is 34.2 Å². The van der Waals surface area contributed by atoms with Crippen LogP contribution in [0.3, 0.4) is 0 Å². The zero-order valence-corrected chi connectivity index (χ0v) is 13.5. The second-order valence-corrected chi connectivity index (χ2v) is 6.04. The van der Waals surface area contributed by atoms with E-state index in [4.69, 9.17) is 0 Å². The number of benzene rings is 2. The Bertz CT molecular complexity index is 595. The van der Waals surface area contributed by atoms with Gasteiger partial charge in [-0.1, -0.05) is 36.4 Å². The fourth-order valence-corrected chi connectivity index (χ4v) is 2.68. The SMILES string of the molecule is CC(c1ccc2ccccc2c1O)N(C)CCCN(C)C. The van der Waals surface area contributed by atoms with Gasteiger partial charge in [0.1, 0.15) is 5.75 Å². The summed E-state index contributed by atoms with van der Waals surface area (Å²) < 4.78 is 0. The first-order valence-electron chi connectivity index (χ1n) is 7.56. The van der Waals surface area contributed by atoms with Crippen molar-refractivity contribution in [1.82, 2.24) is 9.80 Å². The highest BCUT2D eigenvalue weighted by atomic mass is 16.3. The van der Waals surface area contributed by atoms with Gasteiger partial charge in [-0.25, -0.2) is 0 Å². The molecule has 2 aromatic rings.